The van der Waals surface area contributed by atoms with Gasteiger partial charge in [0.15, 0.2) is 0 Å². The maximum atomic E-state index is 11.8. The van der Waals surface area contributed by atoms with Crippen LogP contribution in [-0.4, -0.2) is 24.9 Å². The van der Waals surface area contributed by atoms with Crippen molar-refractivity contribution in [3.05, 3.63) is 33.8 Å². The van der Waals surface area contributed by atoms with Crippen LogP contribution in [0.3, 0.4) is 0 Å². The van der Waals surface area contributed by atoms with Crippen LogP contribution in [0.25, 0.3) is 0 Å². The highest BCUT2D eigenvalue weighted by molar-refractivity contribution is 9.10. The number of rotatable bonds is 4. The highest BCUT2D eigenvalue weighted by Gasteiger charge is 2.16. The summed E-state index contributed by atoms with van der Waals surface area (Å²) < 4.78 is 0.770. The molecule has 5 heteroatoms. The van der Waals surface area contributed by atoms with Gasteiger partial charge in [-0.1, -0.05) is 15.9 Å². The summed E-state index contributed by atoms with van der Waals surface area (Å²) in [6.45, 7) is 4.73. The number of hydrogen-bond acceptors (Lipinski definition) is 2. The molecule has 0 spiro atoms. The van der Waals surface area contributed by atoms with Gasteiger partial charge in [-0.05, 0) is 32.0 Å². The third-order valence-corrected chi connectivity index (χ3v) is 2.64. The number of amides is 2. The van der Waals surface area contributed by atoms with Crippen molar-refractivity contribution in [3.8, 4) is 0 Å². The molecule has 0 atom stereocenters. The molecule has 0 unspecified atom stereocenters. The summed E-state index contributed by atoms with van der Waals surface area (Å²) in [6.07, 6.45) is 0. The zero-order valence-electron chi connectivity index (χ0n) is 9.84. The number of carbonyl (C=O) groups excluding carboxylic acids is 2. The SMILES string of the molecule is CCNC(=O)c1ccc(Br)cc1C(=O)NCC. The van der Waals surface area contributed by atoms with Crippen LogP contribution < -0.4 is 10.6 Å². The summed E-state index contributed by atoms with van der Waals surface area (Å²) in [6, 6.07) is 5.03. The van der Waals surface area contributed by atoms with Gasteiger partial charge in [0.05, 0.1) is 11.1 Å². The highest BCUT2D eigenvalue weighted by Crippen LogP contribution is 2.16. The summed E-state index contributed by atoms with van der Waals surface area (Å²) in [4.78, 5) is 23.6. The van der Waals surface area contributed by atoms with E-state index in [1.54, 1.807) is 18.2 Å². The van der Waals surface area contributed by atoms with Gasteiger partial charge in [-0.3, -0.25) is 9.59 Å². The van der Waals surface area contributed by atoms with E-state index in [2.05, 4.69) is 26.6 Å². The van der Waals surface area contributed by atoms with Gasteiger partial charge in [-0.25, -0.2) is 0 Å². The maximum absolute atomic E-state index is 11.8. The zero-order valence-corrected chi connectivity index (χ0v) is 11.4. The molecule has 0 saturated heterocycles. The lowest BCUT2D eigenvalue weighted by atomic mass is 10.1. The molecule has 1 aromatic rings. The first-order valence-electron chi connectivity index (χ1n) is 5.46. The second-order valence-electron chi connectivity index (χ2n) is 3.41. The Morgan fingerprint density at radius 3 is 2.12 bits per heavy atom. The predicted molar refractivity (Wildman–Crippen MR) is 70.2 cm³/mol. The Bertz CT molecular complexity index is 433. The average molecular weight is 299 g/mol. The molecule has 17 heavy (non-hydrogen) atoms. The molecule has 2 amide bonds. The molecule has 1 rings (SSSR count). The van der Waals surface area contributed by atoms with Gasteiger partial charge >= 0.3 is 0 Å². The topological polar surface area (TPSA) is 58.2 Å². The Hall–Kier alpha value is -1.36. The Morgan fingerprint density at radius 1 is 1.06 bits per heavy atom. The Kier molecular flexibility index (Phi) is 5.15. The summed E-state index contributed by atoms with van der Waals surface area (Å²) in [5.41, 5.74) is 0.771. The number of nitrogens with one attached hydrogen (secondary N) is 2. The van der Waals surface area contributed by atoms with Gasteiger partial charge in [-0.15, -0.1) is 0 Å². The Balaban J connectivity index is 3.11. The van der Waals surface area contributed by atoms with Crippen molar-refractivity contribution < 1.29 is 9.59 Å². The fraction of sp³-hybridized carbons (Fsp3) is 0.333. The van der Waals surface area contributed by atoms with E-state index in [9.17, 15) is 9.59 Å². The van der Waals surface area contributed by atoms with Crippen molar-refractivity contribution in [3.63, 3.8) is 0 Å². The molecule has 0 aliphatic rings. The lowest BCUT2D eigenvalue weighted by Crippen LogP contribution is -2.29. The smallest absolute Gasteiger partial charge is 0.252 e. The van der Waals surface area contributed by atoms with E-state index < -0.39 is 0 Å². The molecule has 0 aliphatic carbocycles. The molecular weight excluding hydrogens is 284 g/mol. The van der Waals surface area contributed by atoms with E-state index in [0.29, 0.717) is 24.2 Å². The maximum Gasteiger partial charge on any atom is 0.252 e. The number of benzene rings is 1. The molecule has 0 radical (unpaired) electrons. The first-order chi connectivity index (χ1) is 8.10. The normalized spacial score (nSPS) is 9.82. The molecule has 0 fully saturated rings. The molecule has 2 N–H and O–H groups in total. The molecule has 0 bridgehead atoms. The second kappa shape index (κ2) is 6.39. The quantitative estimate of drug-likeness (QED) is 0.893. The third kappa shape index (κ3) is 3.56. The van der Waals surface area contributed by atoms with Gasteiger partial charge in [0.2, 0.25) is 0 Å². The van der Waals surface area contributed by atoms with E-state index in [1.807, 2.05) is 13.8 Å². The summed E-state index contributed by atoms with van der Waals surface area (Å²) >= 11 is 3.29. The van der Waals surface area contributed by atoms with Crippen LogP contribution in [0.5, 0.6) is 0 Å². The van der Waals surface area contributed by atoms with E-state index in [-0.39, 0.29) is 11.8 Å². The van der Waals surface area contributed by atoms with Crippen molar-refractivity contribution >= 4 is 27.7 Å². The van der Waals surface area contributed by atoms with E-state index in [0.717, 1.165) is 4.47 Å². The van der Waals surface area contributed by atoms with Crippen LogP contribution in [0.1, 0.15) is 34.6 Å². The summed E-state index contributed by atoms with van der Waals surface area (Å²) in [5, 5.41) is 5.37. The second-order valence-corrected chi connectivity index (χ2v) is 4.32. The van der Waals surface area contributed by atoms with Crippen LogP contribution >= 0.6 is 15.9 Å². The highest BCUT2D eigenvalue weighted by atomic mass is 79.9. The number of carbonyl (C=O) groups is 2. The van der Waals surface area contributed by atoms with Crippen molar-refractivity contribution in [2.45, 2.75) is 13.8 Å². The molecule has 4 nitrogen and oxygen atoms in total. The minimum absolute atomic E-state index is 0.235. The van der Waals surface area contributed by atoms with E-state index in [4.69, 9.17) is 0 Å². The fourth-order valence-corrected chi connectivity index (χ4v) is 1.77. The van der Waals surface area contributed by atoms with Crippen LogP contribution in [-0.2, 0) is 0 Å². The molecule has 1 aromatic carbocycles. The van der Waals surface area contributed by atoms with Crippen molar-refractivity contribution in [2.24, 2.45) is 0 Å². The van der Waals surface area contributed by atoms with Gasteiger partial charge in [0.1, 0.15) is 0 Å². The average Bonchev–Trinajstić information content (AvgIpc) is 2.29. The first-order valence-corrected chi connectivity index (χ1v) is 6.25. The van der Waals surface area contributed by atoms with Gasteiger partial charge in [-0.2, -0.15) is 0 Å². The van der Waals surface area contributed by atoms with Crippen LogP contribution in [0, 0.1) is 0 Å². The minimum Gasteiger partial charge on any atom is -0.352 e. The summed E-state index contributed by atoms with van der Waals surface area (Å²) in [7, 11) is 0. The van der Waals surface area contributed by atoms with Gasteiger partial charge < -0.3 is 10.6 Å². The van der Waals surface area contributed by atoms with Crippen molar-refractivity contribution in [2.75, 3.05) is 13.1 Å². The minimum atomic E-state index is -0.241. The lowest BCUT2D eigenvalue weighted by Gasteiger charge is -2.09. The van der Waals surface area contributed by atoms with Crippen molar-refractivity contribution in [1.82, 2.24) is 10.6 Å². The monoisotopic (exact) mass is 298 g/mol. The summed E-state index contributed by atoms with van der Waals surface area (Å²) in [5.74, 6) is -0.476. The first kappa shape index (κ1) is 13.7. The lowest BCUT2D eigenvalue weighted by molar-refractivity contribution is 0.0921. The number of hydrogen-bond donors (Lipinski definition) is 2. The largest absolute Gasteiger partial charge is 0.352 e. The van der Waals surface area contributed by atoms with E-state index in [1.165, 1.54) is 0 Å². The molecule has 0 saturated carbocycles. The Morgan fingerprint density at radius 2 is 1.59 bits per heavy atom. The molecular formula is C12H15BrN2O2. The Labute approximate surface area is 109 Å². The number of halogens is 1. The van der Waals surface area contributed by atoms with Gasteiger partial charge in [0.25, 0.3) is 11.8 Å². The molecule has 0 heterocycles. The molecule has 0 aromatic heterocycles. The van der Waals surface area contributed by atoms with Crippen LogP contribution in [0.4, 0.5) is 0 Å². The molecule has 0 aliphatic heterocycles. The van der Waals surface area contributed by atoms with Gasteiger partial charge in [0, 0.05) is 17.6 Å². The zero-order chi connectivity index (χ0) is 12.8. The predicted octanol–water partition coefficient (Wildman–Crippen LogP) is 1.95. The molecule has 92 valence electrons. The standard InChI is InChI=1S/C12H15BrN2O2/c1-3-14-11(16)9-6-5-8(13)7-10(9)12(17)15-4-2/h5-7H,3-4H2,1-2H3,(H,14,16)(H,15,17). The van der Waals surface area contributed by atoms with Crippen molar-refractivity contribution in [1.29, 1.82) is 0 Å². The van der Waals surface area contributed by atoms with Crippen LogP contribution in [0.15, 0.2) is 22.7 Å². The van der Waals surface area contributed by atoms with E-state index >= 15 is 0 Å². The fourth-order valence-electron chi connectivity index (χ4n) is 1.41. The third-order valence-electron chi connectivity index (χ3n) is 2.15. The van der Waals surface area contributed by atoms with Crippen LogP contribution in [0.2, 0.25) is 0 Å².